The molecule has 2 amide bonds. The second-order valence-corrected chi connectivity index (χ2v) is 9.25. The summed E-state index contributed by atoms with van der Waals surface area (Å²) in [6, 6.07) is -0.690. The molecule has 2 rings (SSSR count). The molecule has 0 aromatic heterocycles. The van der Waals surface area contributed by atoms with Gasteiger partial charge in [0.05, 0.1) is 18.9 Å². The lowest BCUT2D eigenvalue weighted by Crippen LogP contribution is -2.47. The SMILES string of the molecule is C#CC(CC(=O)OCCC(C)C)NC(=O)[C@@H]1CCCN(C(=O)CCC2CCNCC2)C1. The van der Waals surface area contributed by atoms with Gasteiger partial charge in [-0.05, 0) is 63.5 Å². The molecule has 2 aliphatic heterocycles. The van der Waals surface area contributed by atoms with E-state index >= 15 is 0 Å². The summed E-state index contributed by atoms with van der Waals surface area (Å²) in [5.74, 6) is 2.80. The van der Waals surface area contributed by atoms with Crippen LogP contribution in [0, 0.1) is 30.1 Å². The largest absolute Gasteiger partial charge is 0.466 e. The van der Waals surface area contributed by atoms with Crippen LogP contribution in [0.25, 0.3) is 0 Å². The van der Waals surface area contributed by atoms with Crippen molar-refractivity contribution in [1.82, 2.24) is 15.5 Å². The third kappa shape index (κ3) is 9.30. The van der Waals surface area contributed by atoms with Gasteiger partial charge in [-0.1, -0.05) is 19.8 Å². The Bertz CT molecular complexity index is 637. The van der Waals surface area contributed by atoms with E-state index in [0.717, 1.165) is 51.6 Å². The van der Waals surface area contributed by atoms with Gasteiger partial charge in [0, 0.05) is 19.5 Å². The number of hydrogen-bond acceptors (Lipinski definition) is 5. The smallest absolute Gasteiger partial charge is 0.308 e. The van der Waals surface area contributed by atoms with Gasteiger partial charge in [-0.15, -0.1) is 6.42 Å². The van der Waals surface area contributed by atoms with Crippen molar-refractivity contribution in [3.8, 4) is 12.3 Å². The topological polar surface area (TPSA) is 87.7 Å². The average molecular weight is 434 g/mol. The highest BCUT2D eigenvalue weighted by atomic mass is 16.5. The summed E-state index contributed by atoms with van der Waals surface area (Å²) in [6.45, 7) is 7.67. The molecule has 0 aliphatic carbocycles. The molecule has 0 spiro atoms. The van der Waals surface area contributed by atoms with Crippen molar-refractivity contribution in [3.63, 3.8) is 0 Å². The maximum Gasteiger partial charge on any atom is 0.308 e. The normalized spacial score (nSPS) is 20.7. The molecule has 0 aromatic rings. The highest BCUT2D eigenvalue weighted by Gasteiger charge is 2.30. The molecule has 174 valence electrons. The number of nitrogens with zero attached hydrogens (tertiary/aromatic N) is 1. The van der Waals surface area contributed by atoms with Crippen molar-refractivity contribution in [1.29, 1.82) is 0 Å². The fourth-order valence-corrected chi connectivity index (χ4v) is 4.15. The zero-order valence-corrected chi connectivity index (χ0v) is 19.2. The van der Waals surface area contributed by atoms with Crippen LogP contribution in [0.1, 0.15) is 65.2 Å². The Hall–Kier alpha value is -2.07. The molecule has 2 heterocycles. The number of nitrogens with one attached hydrogen (secondary N) is 2. The van der Waals surface area contributed by atoms with Crippen molar-refractivity contribution in [2.45, 2.75) is 71.3 Å². The lowest BCUT2D eigenvalue weighted by atomic mass is 9.92. The van der Waals surface area contributed by atoms with Crippen LogP contribution in [0.2, 0.25) is 0 Å². The first-order valence-electron chi connectivity index (χ1n) is 11.8. The summed E-state index contributed by atoms with van der Waals surface area (Å²) >= 11 is 0. The van der Waals surface area contributed by atoms with Crippen LogP contribution >= 0.6 is 0 Å². The molecule has 0 saturated carbocycles. The lowest BCUT2D eigenvalue weighted by molar-refractivity contribution is -0.144. The Balaban J connectivity index is 1.75. The first-order valence-corrected chi connectivity index (χ1v) is 11.8. The first-order chi connectivity index (χ1) is 14.9. The minimum absolute atomic E-state index is 0.0358. The van der Waals surface area contributed by atoms with Gasteiger partial charge in [0.1, 0.15) is 6.04 Å². The van der Waals surface area contributed by atoms with E-state index in [-0.39, 0.29) is 24.2 Å². The van der Waals surface area contributed by atoms with Crippen molar-refractivity contribution < 1.29 is 19.1 Å². The van der Waals surface area contributed by atoms with Crippen LogP contribution < -0.4 is 10.6 Å². The van der Waals surface area contributed by atoms with Crippen LogP contribution in [-0.2, 0) is 19.1 Å². The van der Waals surface area contributed by atoms with Crippen molar-refractivity contribution >= 4 is 17.8 Å². The molecule has 1 unspecified atom stereocenters. The van der Waals surface area contributed by atoms with Gasteiger partial charge < -0.3 is 20.3 Å². The molecule has 0 aromatic carbocycles. The molecule has 7 nitrogen and oxygen atoms in total. The van der Waals surface area contributed by atoms with Crippen LogP contribution in [0.5, 0.6) is 0 Å². The van der Waals surface area contributed by atoms with Crippen LogP contribution in [0.15, 0.2) is 0 Å². The molecule has 2 atom stereocenters. The predicted molar refractivity (Wildman–Crippen MR) is 120 cm³/mol. The third-order valence-corrected chi connectivity index (χ3v) is 6.22. The summed E-state index contributed by atoms with van der Waals surface area (Å²) in [4.78, 5) is 39.2. The number of hydrogen-bond donors (Lipinski definition) is 2. The van der Waals surface area contributed by atoms with Gasteiger partial charge in [-0.2, -0.15) is 0 Å². The van der Waals surface area contributed by atoms with Gasteiger partial charge >= 0.3 is 5.97 Å². The van der Waals surface area contributed by atoms with E-state index in [0.29, 0.717) is 38.0 Å². The van der Waals surface area contributed by atoms with Gasteiger partial charge in [0.15, 0.2) is 0 Å². The van der Waals surface area contributed by atoms with Gasteiger partial charge in [-0.3, -0.25) is 14.4 Å². The Morgan fingerprint density at radius 2 is 1.97 bits per heavy atom. The Kier molecular flexibility index (Phi) is 10.9. The fourth-order valence-electron chi connectivity index (χ4n) is 4.15. The Morgan fingerprint density at radius 3 is 2.65 bits per heavy atom. The molecule has 7 heteroatoms. The molecule has 2 N–H and O–H groups in total. The number of esters is 1. The minimum Gasteiger partial charge on any atom is -0.466 e. The van der Waals surface area contributed by atoms with Crippen LogP contribution in [-0.4, -0.2) is 61.5 Å². The van der Waals surface area contributed by atoms with E-state index in [1.54, 1.807) is 0 Å². The fraction of sp³-hybridized carbons (Fsp3) is 0.792. The number of ether oxygens (including phenoxy) is 1. The Morgan fingerprint density at radius 1 is 1.23 bits per heavy atom. The van der Waals surface area contributed by atoms with Crippen molar-refractivity contribution in [2.24, 2.45) is 17.8 Å². The molecule has 0 bridgehead atoms. The van der Waals surface area contributed by atoms with Crippen LogP contribution in [0.3, 0.4) is 0 Å². The number of carbonyl (C=O) groups is 3. The van der Waals surface area contributed by atoms with Crippen molar-refractivity contribution in [2.75, 3.05) is 32.8 Å². The highest BCUT2D eigenvalue weighted by Crippen LogP contribution is 2.21. The molecular formula is C24H39N3O4. The molecular weight excluding hydrogens is 394 g/mol. The molecule has 2 aliphatic rings. The van der Waals surface area contributed by atoms with E-state index in [1.165, 1.54) is 0 Å². The van der Waals surface area contributed by atoms with Crippen LogP contribution in [0.4, 0.5) is 0 Å². The number of rotatable bonds is 10. The lowest BCUT2D eigenvalue weighted by Gasteiger charge is -2.33. The second-order valence-electron chi connectivity index (χ2n) is 9.25. The quantitative estimate of drug-likeness (QED) is 0.407. The average Bonchev–Trinajstić information content (AvgIpc) is 2.77. The molecule has 2 saturated heterocycles. The highest BCUT2D eigenvalue weighted by molar-refractivity contribution is 5.82. The van der Waals surface area contributed by atoms with Gasteiger partial charge in [0.25, 0.3) is 0 Å². The number of piperidine rings is 2. The summed E-state index contributed by atoms with van der Waals surface area (Å²) in [5, 5.41) is 6.14. The molecule has 2 fully saturated rings. The van der Waals surface area contributed by atoms with E-state index in [4.69, 9.17) is 11.2 Å². The summed E-state index contributed by atoms with van der Waals surface area (Å²) in [5.41, 5.74) is 0. The number of terminal acetylenes is 1. The third-order valence-electron chi connectivity index (χ3n) is 6.22. The minimum atomic E-state index is -0.690. The first kappa shape index (κ1) is 25.2. The maximum absolute atomic E-state index is 12.7. The predicted octanol–water partition coefficient (Wildman–Crippen LogP) is 2.10. The van der Waals surface area contributed by atoms with E-state index in [9.17, 15) is 14.4 Å². The second kappa shape index (κ2) is 13.4. The zero-order chi connectivity index (χ0) is 22.6. The standard InChI is InChI=1S/C24H39N3O4/c1-4-21(16-23(29)31-15-11-18(2)3)26-24(30)20-6-5-14-27(17-20)22(28)8-7-19-9-12-25-13-10-19/h1,18-21,25H,5-17H2,2-3H3,(H,26,30)/t20-,21?/m1/s1. The van der Waals surface area contributed by atoms with E-state index < -0.39 is 12.0 Å². The number of likely N-dealkylation sites (tertiary alicyclic amines) is 1. The number of carbonyl (C=O) groups excluding carboxylic acids is 3. The summed E-state index contributed by atoms with van der Waals surface area (Å²) < 4.78 is 5.19. The van der Waals surface area contributed by atoms with E-state index in [1.807, 2.05) is 4.90 Å². The summed E-state index contributed by atoms with van der Waals surface area (Å²) in [6.07, 6.45) is 11.5. The molecule has 0 radical (unpaired) electrons. The maximum atomic E-state index is 12.7. The summed E-state index contributed by atoms with van der Waals surface area (Å²) in [7, 11) is 0. The van der Waals surface area contributed by atoms with Crippen molar-refractivity contribution in [3.05, 3.63) is 0 Å². The zero-order valence-electron chi connectivity index (χ0n) is 19.2. The van der Waals surface area contributed by atoms with E-state index in [2.05, 4.69) is 30.4 Å². The van der Waals surface area contributed by atoms with Gasteiger partial charge in [-0.25, -0.2) is 0 Å². The number of amides is 2. The van der Waals surface area contributed by atoms with Gasteiger partial charge in [0.2, 0.25) is 11.8 Å². The molecule has 31 heavy (non-hydrogen) atoms. The monoisotopic (exact) mass is 433 g/mol. The Labute approximate surface area is 187 Å².